The summed E-state index contributed by atoms with van der Waals surface area (Å²) in [6.07, 6.45) is -2.11. The highest BCUT2D eigenvalue weighted by molar-refractivity contribution is 5.28. The number of halogens is 3. The summed E-state index contributed by atoms with van der Waals surface area (Å²) in [5.41, 5.74) is 0.595. The third-order valence-corrected chi connectivity index (χ3v) is 4.49. The van der Waals surface area contributed by atoms with Crippen molar-refractivity contribution in [2.45, 2.75) is 37.8 Å². The van der Waals surface area contributed by atoms with Crippen LogP contribution < -0.4 is 4.74 Å². The van der Waals surface area contributed by atoms with Crippen molar-refractivity contribution in [1.29, 1.82) is 0 Å². The van der Waals surface area contributed by atoms with Crippen LogP contribution in [0.25, 0.3) is 0 Å². The van der Waals surface area contributed by atoms with Crippen molar-refractivity contribution >= 4 is 0 Å². The van der Waals surface area contributed by atoms with Gasteiger partial charge >= 0.3 is 6.36 Å². The lowest BCUT2D eigenvalue weighted by Crippen LogP contribution is -2.35. The van der Waals surface area contributed by atoms with Crippen LogP contribution >= 0.6 is 0 Å². The molecule has 1 heterocycles. The summed E-state index contributed by atoms with van der Waals surface area (Å²) in [5, 5.41) is 10.4. The van der Waals surface area contributed by atoms with Crippen molar-refractivity contribution < 1.29 is 27.8 Å². The Bertz CT molecular complexity index is 525. The van der Waals surface area contributed by atoms with Crippen LogP contribution in [0.2, 0.25) is 0 Å². The van der Waals surface area contributed by atoms with Gasteiger partial charge < -0.3 is 14.6 Å². The van der Waals surface area contributed by atoms with E-state index in [4.69, 9.17) is 4.74 Å². The van der Waals surface area contributed by atoms with E-state index in [1.54, 1.807) is 0 Å². The van der Waals surface area contributed by atoms with Crippen LogP contribution in [0.15, 0.2) is 24.3 Å². The van der Waals surface area contributed by atoms with E-state index in [9.17, 15) is 18.3 Å². The first-order chi connectivity index (χ1) is 11.4. The molecule has 1 saturated carbocycles. The maximum Gasteiger partial charge on any atom is 0.573 e. The van der Waals surface area contributed by atoms with E-state index in [0.717, 1.165) is 39.0 Å². The number of alkyl halides is 3. The largest absolute Gasteiger partial charge is 0.573 e. The molecular formula is C17H22F3NO3. The first-order valence-corrected chi connectivity index (χ1v) is 8.26. The highest BCUT2D eigenvalue weighted by Crippen LogP contribution is 2.31. The Balaban J connectivity index is 1.57. The van der Waals surface area contributed by atoms with Gasteiger partial charge in [0.2, 0.25) is 0 Å². The van der Waals surface area contributed by atoms with Gasteiger partial charge in [0.05, 0.1) is 12.7 Å². The minimum Gasteiger partial charge on any atom is -0.406 e. The average molecular weight is 345 g/mol. The van der Waals surface area contributed by atoms with Gasteiger partial charge in [0.1, 0.15) is 5.75 Å². The van der Waals surface area contributed by atoms with Crippen LogP contribution in [-0.2, 0) is 4.74 Å². The average Bonchev–Trinajstić information content (AvgIpc) is 3.24. The van der Waals surface area contributed by atoms with Crippen LogP contribution in [0.5, 0.6) is 5.75 Å². The molecule has 0 bridgehead atoms. The molecule has 0 aromatic heterocycles. The third kappa shape index (κ3) is 5.09. The molecule has 2 aliphatic rings. The number of hydrogen-bond acceptors (Lipinski definition) is 4. The Morgan fingerprint density at radius 1 is 1.21 bits per heavy atom. The molecule has 1 aromatic carbocycles. The van der Waals surface area contributed by atoms with E-state index in [1.807, 2.05) is 0 Å². The molecule has 24 heavy (non-hydrogen) atoms. The van der Waals surface area contributed by atoms with E-state index in [1.165, 1.54) is 24.3 Å². The second kappa shape index (κ2) is 7.29. The summed E-state index contributed by atoms with van der Waals surface area (Å²) in [5.74, 6) is 0.223. The second-order valence-electron chi connectivity index (χ2n) is 6.55. The lowest BCUT2D eigenvalue weighted by molar-refractivity contribution is -0.274. The van der Waals surface area contributed by atoms with Gasteiger partial charge in [-0.3, -0.25) is 4.90 Å². The van der Waals surface area contributed by atoms with Crippen LogP contribution in [0.3, 0.4) is 0 Å². The lowest BCUT2D eigenvalue weighted by Gasteiger charge is -2.27. The van der Waals surface area contributed by atoms with Gasteiger partial charge in [-0.05, 0) is 42.9 Å². The SMILES string of the molecule is O[C@H](CN(C[C@@H]1CCOC1)C1CC1)c1ccc(OC(F)(F)F)cc1. The van der Waals surface area contributed by atoms with E-state index >= 15 is 0 Å². The summed E-state index contributed by atoms with van der Waals surface area (Å²) in [6.45, 7) is 2.95. The van der Waals surface area contributed by atoms with E-state index < -0.39 is 12.5 Å². The first kappa shape index (κ1) is 17.5. The van der Waals surface area contributed by atoms with Gasteiger partial charge in [0.15, 0.2) is 0 Å². The summed E-state index contributed by atoms with van der Waals surface area (Å²) in [7, 11) is 0. The number of aliphatic hydroxyl groups is 1. The van der Waals surface area contributed by atoms with Crippen molar-refractivity contribution in [2.24, 2.45) is 5.92 Å². The molecule has 0 unspecified atom stereocenters. The summed E-state index contributed by atoms with van der Waals surface area (Å²) >= 11 is 0. The van der Waals surface area contributed by atoms with E-state index in [0.29, 0.717) is 24.1 Å². The molecule has 2 atom stereocenters. The molecule has 0 radical (unpaired) electrons. The fraction of sp³-hybridized carbons (Fsp3) is 0.647. The Kier molecular flexibility index (Phi) is 5.32. The van der Waals surface area contributed by atoms with Crippen molar-refractivity contribution in [3.05, 3.63) is 29.8 Å². The van der Waals surface area contributed by atoms with Gasteiger partial charge in [0, 0.05) is 25.7 Å². The predicted octanol–water partition coefficient (Wildman–Crippen LogP) is 3.12. The van der Waals surface area contributed by atoms with Gasteiger partial charge in [-0.15, -0.1) is 13.2 Å². The summed E-state index contributed by atoms with van der Waals surface area (Å²) in [4.78, 5) is 2.28. The molecule has 1 N–H and O–H groups in total. The normalized spacial score (nSPS) is 22.8. The van der Waals surface area contributed by atoms with Crippen LogP contribution in [0, 0.1) is 5.92 Å². The van der Waals surface area contributed by atoms with Gasteiger partial charge in [-0.2, -0.15) is 0 Å². The maximum atomic E-state index is 12.2. The van der Waals surface area contributed by atoms with Gasteiger partial charge in [-0.25, -0.2) is 0 Å². The molecule has 7 heteroatoms. The number of nitrogens with zero attached hydrogens (tertiary/aromatic N) is 1. The molecule has 1 saturated heterocycles. The second-order valence-corrected chi connectivity index (χ2v) is 6.55. The molecular weight excluding hydrogens is 323 g/mol. The number of hydrogen-bond donors (Lipinski definition) is 1. The Morgan fingerprint density at radius 2 is 1.92 bits per heavy atom. The number of aliphatic hydroxyl groups excluding tert-OH is 1. The highest BCUT2D eigenvalue weighted by Gasteiger charge is 2.33. The van der Waals surface area contributed by atoms with Crippen LogP contribution in [-0.4, -0.2) is 48.7 Å². The smallest absolute Gasteiger partial charge is 0.406 e. The third-order valence-electron chi connectivity index (χ3n) is 4.49. The molecule has 1 aromatic rings. The zero-order valence-electron chi connectivity index (χ0n) is 13.3. The van der Waals surface area contributed by atoms with E-state index in [2.05, 4.69) is 9.64 Å². The topological polar surface area (TPSA) is 41.9 Å². The van der Waals surface area contributed by atoms with Crippen molar-refractivity contribution in [3.63, 3.8) is 0 Å². The van der Waals surface area contributed by atoms with Crippen molar-refractivity contribution in [2.75, 3.05) is 26.3 Å². The van der Waals surface area contributed by atoms with Gasteiger partial charge in [-0.1, -0.05) is 12.1 Å². The molecule has 134 valence electrons. The zero-order chi connectivity index (χ0) is 17.2. The Labute approximate surface area is 139 Å². The fourth-order valence-electron chi connectivity index (χ4n) is 3.09. The first-order valence-electron chi connectivity index (χ1n) is 8.26. The van der Waals surface area contributed by atoms with Crippen LogP contribution in [0.4, 0.5) is 13.2 Å². The number of rotatable bonds is 7. The lowest BCUT2D eigenvalue weighted by atomic mass is 10.1. The number of benzene rings is 1. The minimum absolute atomic E-state index is 0.277. The highest BCUT2D eigenvalue weighted by atomic mass is 19.4. The summed E-state index contributed by atoms with van der Waals surface area (Å²) in [6, 6.07) is 5.94. The molecule has 1 aliphatic carbocycles. The molecule has 1 aliphatic heterocycles. The quantitative estimate of drug-likeness (QED) is 0.824. The molecule has 0 amide bonds. The molecule has 0 spiro atoms. The number of ether oxygens (including phenoxy) is 2. The summed E-state index contributed by atoms with van der Waals surface area (Å²) < 4.78 is 45.8. The Hall–Kier alpha value is -1.31. The molecule has 4 nitrogen and oxygen atoms in total. The minimum atomic E-state index is -4.70. The van der Waals surface area contributed by atoms with Crippen molar-refractivity contribution in [1.82, 2.24) is 4.90 Å². The van der Waals surface area contributed by atoms with Crippen LogP contribution in [0.1, 0.15) is 30.9 Å². The van der Waals surface area contributed by atoms with E-state index in [-0.39, 0.29) is 5.75 Å². The standard InChI is InChI=1S/C17H22F3NO3/c18-17(19,20)24-15-5-1-13(2-6-15)16(22)10-21(14-3-4-14)9-12-7-8-23-11-12/h1-2,5-6,12,14,16,22H,3-4,7-11H2/t12-,16+/m0/s1. The zero-order valence-corrected chi connectivity index (χ0v) is 13.3. The maximum absolute atomic E-state index is 12.2. The molecule has 2 fully saturated rings. The monoisotopic (exact) mass is 345 g/mol. The molecule has 3 rings (SSSR count). The van der Waals surface area contributed by atoms with Gasteiger partial charge in [0.25, 0.3) is 0 Å². The fourth-order valence-corrected chi connectivity index (χ4v) is 3.09. The Morgan fingerprint density at radius 3 is 2.46 bits per heavy atom. The predicted molar refractivity (Wildman–Crippen MR) is 81.6 cm³/mol. The van der Waals surface area contributed by atoms with Crippen molar-refractivity contribution in [3.8, 4) is 5.75 Å².